The number of hydrogen-bond donors (Lipinski definition) is 2. The monoisotopic (exact) mass is 401 g/mol. The maximum Gasteiger partial charge on any atom is 0.278 e. The summed E-state index contributed by atoms with van der Waals surface area (Å²) >= 11 is 11.7. The van der Waals surface area contributed by atoms with E-state index in [0.717, 1.165) is 0 Å². The van der Waals surface area contributed by atoms with Gasteiger partial charge in [-0.2, -0.15) is 13.5 Å². The van der Waals surface area contributed by atoms with Crippen LogP contribution >= 0.6 is 23.2 Å². The van der Waals surface area contributed by atoms with Gasteiger partial charge in [0.15, 0.2) is 6.61 Å². The summed E-state index contributed by atoms with van der Waals surface area (Å²) in [6, 6.07) is 10.5. The van der Waals surface area contributed by atoms with Gasteiger partial charge < -0.3 is 10.5 Å². The van der Waals surface area contributed by atoms with Crippen LogP contribution in [0.2, 0.25) is 10.0 Å². The Balaban J connectivity index is 2.04. The van der Waals surface area contributed by atoms with Crippen molar-refractivity contribution >= 4 is 45.3 Å². The lowest BCUT2D eigenvalue weighted by atomic mass is 10.2. The van der Waals surface area contributed by atoms with Crippen molar-refractivity contribution in [3.05, 3.63) is 58.1 Å². The highest BCUT2D eigenvalue weighted by molar-refractivity contribution is 7.89. The molecule has 0 aliphatic rings. The summed E-state index contributed by atoms with van der Waals surface area (Å²) in [5.74, 6) is -0.137. The van der Waals surface area contributed by atoms with Crippen molar-refractivity contribution in [1.82, 2.24) is 4.83 Å². The molecule has 2 aromatic rings. The Bertz CT molecular complexity index is 899. The molecule has 0 spiro atoms. The number of nitrogens with two attached hydrogens (primary N) is 1. The lowest BCUT2D eigenvalue weighted by molar-refractivity contribution is -0.119. The second kappa shape index (κ2) is 8.19. The molecule has 0 saturated heterocycles. The van der Waals surface area contributed by atoms with Crippen molar-refractivity contribution in [3.8, 4) is 5.75 Å². The summed E-state index contributed by atoms with van der Waals surface area (Å²) in [4.78, 5) is 12.5. The number of carbonyl (C=O) groups is 1. The fourth-order valence-corrected chi connectivity index (χ4v) is 3.26. The molecule has 0 unspecified atom stereocenters. The zero-order valence-electron chi connectivity index (χ0n) is 12.6. The number of carbonyl (C=O) groups excluding carboxylic acids is 1. The van der Waals surface area contributed by atoms with Crippen LogP contribution in [-0.2, 0) is 14.8 Å². The first-order valence-electron chi connectivity index (χ1n) is 6.79. The molecule has 10 heteroatoms. The van der Waals surface area contributed by atoms with Gasteiger partial charge in [-0.05, 0) is 48.0 Å². The largest absolute Gasteiger partial charge is 0.484 e. The van der Waals surface area contributed by atoms with Gasteiger partial charge >= 0.3 is 0 Å². The van der Waals surface area contributed by atoms with Gasteiger partial charge in [0, 0.05) is 5.02 Å². The van der Waals surface area contributed by atoms with Gasteiger partial charge in [-0.15, -0.1) is 0 Å². The molecule has 0 atom stereocenters. The second-order valence-electron chi connectivity index (χ2n) is 4.75. The normalized spacial score (nSPS) is 11.4. The molecule has 0 aliphatic heterocycles. The van der Waals surface area contributed by atoms with Crippen LogP contribution in [0.3, 0.4) is 0 Å². The Morgan fingerprint density at radius 1 is 1.20 bits per heavy atom. The third-order valence-corrected chi connectivity index (χ3v) is 4.77. The number of nitrogens with zero attached hydrogens (tertiary/aromatic N) is 1. The zero-order chi connectivity index (χ0) is 18.4. The standard InChI is InChI=1S/C15H13Cl2N3O4S/c16-11-3-6-13(17)14(7-11)25(22,23)20-19-8-10-1-4-12(5-2-10)24-9-15(18)21/h1-8,20H,9H2,(H2,18,21)/b19-8-. The summed E-state index contributed by atoms with van der Waals surface area (Å²) < 4.78 is 29.4. The summed E-state index contributed by atoms with van der Waals surface area (Å²) in [6.07, 6.45) is 1.30. The minimum absolute atomic E-state index is 0.0306. The van der Waals surface area contributed by atoms with E-state index in [1.165, 1.54) is 24.4 Å². The van der Waals surface area contributed by atoms with Crippen LogP contribution in [0.5, 0.6) is 5.75 Å². The Hall–Kier alpha value is -2.29. The Labute approximate surface area is 154 Å². The third kappa shape index (κ3) is 5.63. The predicted octanol–water partition coefficient (Wildman–Crippen LogP) is 2.17. The van der Waals surface area contributed by atoms with Crippen molar-refractivity contribution in [2.75, 3.05) is 6.61 Å². The number of amides is 1. The van der Waals surface area contributed by atoms with Crippen LogP contribution in [0, 0.1) is 0 Å². The van der Waals surface area contributed by atoms with Gasteiger partial charge in [0.05, 0.1) is 11.2 Å². The van der Waals surface area contributed by atoms with Gasteiger partial charge in [0.25, 0.3) is 15.9 Å². The van der Waals surface area contributed by atoms with Crippen molar-refractivity contribution in [1.29, 1.82) is 0 Å². The van der Waals surface area contributed by atoms with Crippen LogP contribution in [0.25, 0.3) is 0 Å². The van der Waals surface area contributed by atoms with Crippen molar-refractivity contribution in [2.24, 2.45) is 10.8 Å². The van der Waals surface area contributed by atoms with E-state index in [-0.39, 0.29) is 21.5 Å². The first-order valence-corrected chi connectivity index (χ1v) is 9.03. The number of nitrogens with one attached hydrogen (secondary N) is 1. The Morgan fingerprint density at radius 3 is 2.52 bits per heavy atom. The average molecular weight is 402 g/mol. The van der Waals surface area contributed by atoms with E-state index in [4.69, 9.17) is 33.7 Å². The fourth-order valence-electron chi connectivity index (χ4n) is 1.71. The number of rotatable bonds is 7. The maximum atomic E-state index is 12.2. The molecule has 2 aromatic carbocycles. The highest BCUT2D eigenvalue weighted by Gasteiger charge is 2.17. The fraction of sp³-hybridized carbons (Fsp3) is 0.0667. The zero-order valence-corrected chi connectivity index (χ0v) is 15.0. The summed E-state index contributed by atoms with van der Waals surface area (Å²) in [7, 11) is -3.95. The van der Waals surface area contributed by atoms with E-state index >= 15 is 0 Å². The summed E-state index contributed by atoms with van der Waals surface area (Å²) in [5.41, 5.74) is 5.58. The van der Waals surface area contributed by atoms with E-state index < -0.39 is 15.9 Å². The molecule has 0 saturated carbocycles. The minimum atomic E-state index is -3.95. The number of primary amides is 1. The maximum absolute atomic E-state index is 12.2. The molecule has 0 aromatic heterocycles. The second-order valence-corrected chi connectivity index (χ2v) is 7.22. The predicted molar refractivity (Wildman–Crippen MR) is 95.5 cm³/mol. The van der Waals surface area contributed by atoms with E-state index in [2.05, 4.69) is 9.93 Å². The van der Waals surface area contributed by atoms with Crippen molar-refractivity contribution in [3.63, 3.8) is 0 Å². The summed E-state index contributed by atoms with van der Waals surface area (Å²) in [6.45, 7) is -0.229. The number of sulfonamides is 1. The van der Waals surface area contributed by atoms with Crippen LogP contribution in [0.15, 0.2) is 52.5 Å². The van der Waals surface area contributed by atoms with Gasteiger partial charge in [0.1, 0.15) is 10.6 Å². The van der Waals surface area contributed by atoms with Crippen LogP contribution in [-0.4, -0.2) is 27.1 Å². The summed E-state index contributed by atoms with van der Waals surface area (Å²) in [5, 5.41) is 3.95. The molecular formula is C15H13Cl2N3O4S. The van der Waals surface area contributed by atoms with Crippen LogP contribution < -0.4 is 15.3 Å². The minimum Gasteiger partial charge on any atom is -0.484 e. The number of halogens is 2. The van der Waals surface area contributed by atoms with Crippen LogP contribution in [0.1, 0.15) is 5.56 Å². The van der Waals surface area contributed by atoms with E-state index in [9.17, 15) is 13.2 Å². The first kappa shape index (κ1) is 19.0. The molecule has 0 fully saturated rings. The smallest absolute Gasteiger partial charge is 0.278 e. The first-order chi connectivity index (χ1) is 11.8. The molecule has 1 amide bonds. The molecule has 132 valence electrons. The molecule has 7 nitrogen and oxygen atoms in total. The SMILES string of the molecule is NC(=O)COc1ccc(/C=N\NS(=O)(=O)c2cc(Cl)ccc2Cl)cc1. The van der Waals surface area contributed by atoms with Gasteiger partial charge in [-0.1, -0.05) is 23.2 Å². The van der Waals surface area contributed by atoms with Gasteiger partial charge in [-0.3, -0.25) is 4.79 Å². The van der Waals surface area contributed by atoms with Crippen molar-refractivity contribution < 1.29 is 17.9 Å². The molecule has 0 aliphatic carbocycles. The molecule has 0 heterocycles. The van der Waals surface area contributed by atoms with E-state index in [1.54, 1.807) is 24.3 Å². The lowest BCUT2D eigenvalue weighted by Crippen LogP contribution is -2.20. The molecule has 0 bridgehead atoms. The highest BCUT2D eigenvalue weighted by Crippen LogP contribution is 2.24. The third-order valence-electron chi connectivity index (χ3n) is 2.83. The van der Waals surface area contributed by atoms with E-state index in [0.29, 0.717) is 11.3 Å². The van der Waals surface area contributed by atoms with Gasteiger partial charge in [-0.25, -0.2) is 4.83 Å². The van der Waals surface area contributed by atoms with Gasteiger partial charge in [0.2, 0.25) is 0 Å². The lowest BCUT2D eigenvalue weighted by Gasteiger charge is -2.06. The molecular weight excluding hydrogens is 389 g/mol. The highest BCUT2D eigenvalue weighted by atomic mass is 35.5. The number of hydrogen-bond acceptors (Lipinski definition) is 5. The van der Waals surface area contributed by atoms with Crippen LogP contribution in [0.4, 0.5) is 0 Å². The molecule has 2 rings (SSSR count). The average Bonchev–Trinajstić information content (AvgIpc) is 2.56. The molecule has 0 radical (unpaired) electrons. The van der Waals surface area contributed by atoms with E-state index in [1.807, 2.05) is 0 Å². The number of hydrazone groups is 1. The van der Waals surface area contributed by atoms with Crippen molar-refractivity contribution in [2.45, 2.75) is 4.90 Å². The number of benzene rings is 2. The Morgan fingerprint density at radius 2 is 1.88 bits per heavy atom. The molecule has 3 N–H and O–H groups in total. The Kier molecular flexibility index (Phi) is 6.24. The number of ether oxygens (including phenoxy) is 1. The topological polar surface area (TPSA) is 111 Å². The molecule has 25 heavy (non-hydrogen) atoms. The quantitative estimate of drug-likeness (QED) is 0.546.